The number of hydrogen-bond acceptors (Lipinski definition) is 1. The Balaban J connectivity index is 2.82. The number of aryl methyl sites for hydroxylation is 2. The predicted molar refractivity (Wildman–Crippen MR) is 61.6 cm³/mol. The summed E-state index contributed by atoms with van der Waals surface area (Å²) in [7, 11) is 0. The van der Waals surface area contributed by atoms with Crippen molar-refractivity contribution < 1.29 is 0 Å². The minimum absolute atomic E-state index is 0.605. The Morgan fingerprint density at radius 3 is 2.64 bits per heavy atom. The van der Waals surface area contributed by atoms with Crippen molar-refractivity contribution in [2.75, 3.05) is 6.54 Å². The molecule has 0 saturated carbocycles. The van der Waals surface area contributed by atoms with E-state index in [-0.39, 0.29) is 0 Å². The molecule has 0 bridgehead atoms. The third-order valence-electron chi connectivity index (χ3n) is 2.59. The Morgan fingerprint density at radius 1 is 1.43 bits per heavy atom. The molecule has 0 aliphatic rings. The Kier molecular flexibility index (Phi) is 4.21. The van der Waals surface area contributed by atoms with Crippen molar-refractivity contribution in [2.24, 2.45) is 5.73 Å². The number of hydrogen-bond donors (Lipinski definition) is 1. The first-order valence-corrected chi connectivity index (χ1v) is 5.58. The van der Waals surface area contributed by atoms with Gasteiger partial charge in [-0.2, -0.15) is 0 Å². The summed E-state index contributed by atoms with van der Waals surface area (Å²) in [5.74, 6) is 0.605. The number of nitrogens with two attached hydrogens (primary N) is 1. The van der Waals surface area contributed by atoms with Crippen LogP contribution in [0.25, 0.3) is 0 Å². The van der Waals surface area contributed by atoms with Gasteiger partial charge in [0.2, 0.25) is 0 Å². The maximum absolute atomic E-state index is 5.53. The van der Waals surface area contributed by atoms with E-state index in [1.807, 2.05) is 0 Å². The molecular weight excluding hydrogens is 172 g/mol. The fraction of sp³-hybridized carbons (Fsp3) is 0.667. The van der Waals surface area contributed by atoms with Gasteiger partial charge < -0.3 is 10.3 Å². The van der Waals surface area contributed by atoms with Gasteiger partial charge in [0.1, 0.15) is 0 Å². The lowest BCUT2D eigenvalue weighted by Gasteiger charge is -2.10. The second kappa shape index (κ2) is 5.20. The molecule has 0 fully saturated rings. The molecule has 0 spiro atoms. The van der Waals surface area contributed by atoms with E-state index in [1.165, 1.54) is 11.3 Å². The summed E-state index contributed by atoms with van der Waals surface area (Å²) in [6, 6.07) is 2.32. The van der Waals surface area contributed by atoms with Gasteiger partial charge in [0.25, 0.3) is 0 Å². The van der Waals surface area contributed by atoms with E-state index in [1.54, 1.807) is 0 Å². The standard InChI is InChI=1S/C12H22N2/c1-4-11-8-12(10(2)3)14(9-11)7-5-6-13/h8-10H,4-7,13H2,1-3H3. The van der Waals surface area contributed by atoms with Crippen molar-refractivity contribution in [3.8, 4) is 0 Å². The van der Waals surface area contributed by atoms with Crippen molar-refractivity contribution in [2.45, 2.75) is 46.1 Å². The molecular formula is C12H22N2. The zero-order valence-corrected chi connectivity index (χ0v) is 9.59. The molecule has 0 saturated heterocycles. The summed E-state index contributed by atoms with van der Waals surface area (Å²) in [4.78, 5) is 0. The normalized spacial score (nSPS) is 11.2. The monoisotopic (exact) mass is 194 g/mol. The quantitative estimate of drug-likeness (QED) is 0.767. The van der Waals surface area contributed by atoms with Crippen molar-refractivity contribution in [3.63, 3.8) is 0 Å². The molecule has 2 N–H and O–H groups in total. The highest BCUT2D eigenvalue weighted by Crippen LogP contribution is 2.18. The highest BCUT2D eigenvalue weighted by molar-refractivity contribution is 5.21. The van der Waals surface area contributed by atoms with Gasteiger partial charge in [-0.25, -0.2) is 0 Å². The van der Waals surface area contributed by atoms with Gasteiger partial charge in [-0.05, 0) is 36.9 Å². The Bertz CT molecular complexity index is 274. The van der Waals surface area contributed by atoms with Crippen LogP contribution in [0.4, 0.5) is 0 Å². The van der Waals surface area contributed by atoms with Crippen LogP contribution in [0.15, 0.2) is 12.3 Å². The summed E-state index contributed by atoms with van der Waals surface area (Å²) < 4.78 is 2.36. The molecule has 2 nitrogen and oxygen atoms in total. The molecule has 2 heteroatoms. The van der Waals surface area contributed by atoms with Crippen LogP contribution < -0.4 is 5.73 Å². The lowest BCUT2D eigenvalue weighted by atomic mass is 10.1. The molecule has 14 heavy (non-hydrogen) atoms. The van der Waals surface area contributed by atoms with Crippen LogP contribution in [0.3, 0.4) is 0 Å². The number of rotatable bonds is 5. The summed E-state index contributed by atoms with van der Waals surface area (Å²) in [5.41, 5.74) is 8.40. The topological polar surface area (TPSA) is 30.9 Å². The van der Waals surface area contributed by atoms with E-state index in [0.29, 0.717) is 5.92 Å². The van der Waals surface area contributed by atoms with Crippen LogP contribution >= 0.6 is 0 Å². The second-order valence-electron chi connectivity index (χ2n) is 4.12. The fourth-order valence-corrected chi connectivity index (χ4v) is 1.73. The van der Waals surface area contributed by atoms with Crippen LogP contribution in [-0.2, 0) is 13.0 Å². The van der Waals surface area contributed by atoms with Gasteiger partial charge in [0.05, 0.1) is 0 Å². The van der Waals surface area contributed by atoms with E-state index < -0.39 is 0 Å². The highest BCUT2D eigenvalue weighted by Gasteiger charge is 2.07. The summed E-state index contributed by atoms with van der Waals surface area (Å²) in [5, 5.41) is 0. The zero-order chi connectivity index (χ0) is 10.6. The molecule has 80 valence electrons. The van der Waals surface area contributed by atoms with Gasteiger partial charge >= 0.3 is 0 Å². The molecule has 0 radical (unpaired) electrons. The molecule has 0 aliphatic heterocycles. The van der Waals surface area contributed by atoms with Gasteiger partial charge in [-0.1, -0.05) is 20.8 Å². The molecule has 0 aliphatic carbocycles. The summed E-state index contributed by atoms with van der Waals surface area (Å²) in [6.45, 7) is 8.52. The van der Waals surface area contributed by atoms with Crippen LogP contribution in [0.2, 0.25) is 0 Å². The lowest BCUT2D eigenvalue weighted by molar-refractivity contribution is 0.606. The first-order chi connectivity index (χ1) is 6.69. The molecule has 1 aromatic rings. The average Bonchev–Trinajstić information content (AvgIpc) is 2.58. The highest BCUT2D eigenvalue weighted by atomic mass is 15.0. The van der Waals surface area contributed by atoms with Gasteiger partial charge in [-0.3, -0.25) is 0 Å². The van der Waals surface area contributed by atoms with Gasteiger partial charge in [0.15, 0.2) is 0 Å². The van der Waals surface area contributed by atoms with Crippen LogP contribution in [0.5, 0.6) is 0 Å². The minimum atomic E-state index is 0.605. The first-order valence-electron chi connectivity index (χ1n) is 5.58. The van der Waals surface area contributed by atoms with Crippen LogP contribution in [0, 0.1) is 0 Å². The predicted octanol–water partition coefficient (Wildman–Crippen LogP) is 2.52. The van der Waals surface area contributed by atoms with E-state index >= 15 is 0 Å². The summed E-state index contributed by atoms with van der Waals surface area (Å²) in [6.07, 6.45) is 4.46. The maximum Gasteiger partial charge on any atom is 0.0234 e. The fourth-order valence-electron chi connectivity index (χ4n) is 1.73. The van der Waals surface area contributed by atoms with Crippen LogP contribution in [-0.4, -0.2) is 11.1 Å². The average molecular weight is 194 g/mol. The van der Waals surface area contributed by atoms with Crippen molar-refractivity contribution in [3.05, 3.63) is 23.5 Å². The van der Waals surface area contributed by atoms with Crippen molar-refractivity contribution in [1.82, 2.24) is 4.57 Å². The Hall–Kier alpha value is -0.760. The van der Waals surface area contributed by atoms with Gasteiger partial charge in [-0.15, -0.1) is 0 Å². The molecule has 0 amide bonds. The van der Waals surface area contributed by atoms with Gasteiger partial charge in [0, 0.05) is 18.4 Å². The van der Waals surface area contributed by atoms with Crippen molar-refractivity contribution in [1.29, 1.82) is 0 Å². The Morgan fingerprint density at radius 2 is 2.14 bits per heavy atom. The molecule has 0 unspecified atom stereocenters. The molecule has 0 aromatic carbocycles. The van der Waals surface area contributed by atoms with E-state index in [9.17, 15) is 0 Å². The molecule has 1 aromatic heterocycles. The van der Waals surface area contributed by atoms with E-state index in [0.717, 1.165) is 25.9 Å². The molecule has 0 atom stereocenters. The van der Waals surface area contributed by atoms with Crippen LogP contribution in [0.1, 0.15) is 44.4 Å². The van der Waals surface area contributed by atoms with Crippen molar-refractivity contribution >= 4 is 0 Å². The lowest BCUT2D eigenvalue weighted by Crippen LogP contribution is -2.08. The molecule has 1 rings (SSSR count). The zero-order valence-electron chi connectivity index (χ0n) is 9.59. The van der Waals surface area contributed by atoms with E-state index in [2.05, 4.69) is 37.6 Å². The first kappa shape index (κ1) is 11.3. The number of nitrogens with zero attached hydrogens (tertiary/aromatic N) is 1. The third kappa shape index (κ3) is 2.61. The molecule has 1 heterocycles. The third-order valence-corrected chi connectivity index (χ3v) is 2.59. The SMILES string of the molecule is CCc1cc(C(C)C)n(CCCN)c1. The second-order valence-corrected chi connectivity index (χ2v) is 4.12. The maximum atomic E-state index is 5.53. The minimum Gasteiger partial charge on any atom is -0.351 e. The Labute approximate surface area is 87.1 Å². The smallest absolute Gasteiger partial charge is 0.0234 e. The van der Waals surface area contributed by atoms with E-state index in [4.69, 9.17) is 5.73 Å². The number of aromatic nitrogens is 1. The largest absolute Gasteiger partial charge is 0.351 e. The summed E-state index contributed by atoms with van der Waals surface area (Å²) >= 11 is 0.